The van der Waals surface area contributed by atoms with Crippen molar-refractivity contribution in [3.05, 3.63) is 58.3 Å². The molecular formula is C21H32IN5S. The highest BCUT2D eigenvalue weighted by molar-refractivity contribution is 14.0. The minimum absolute atomic E-state index is 0. The van der Waals surface area contributed by atoms with Crippen LogP contribution in [0.2, 0.25) is 0 Å². The maximum absolute atomic E-state index is 5.99. The number of aliphatic imine (C=N–C) groups is 1. The first-order chi connectivity index (χ1) is 13.2. The van der Waals surface area contributed by atoms with Crippen LogP contribution in [0.5, 0.6) is 0 Å². The van der Waals surface area contributed by atoms with E-state index in [4.69, 9.17) is 5.73 Å². The summed E-state index contributed by atoms with van der Waals surface area (Å²) >= 11 is 1.78. The Hall–Kier alpha value is -1.16. The van der Waals surface area contributed by atoms with Crippen LogP contribution in [0.4, 0.5) is 0 Å². The van der Waals surface area contributed by atoms with E-state index in [9.17, 15) is 0 Å². The van der Waals surface area contributed by atoms with Gasteiger partial charge in [-0.3, -0.25) is 9.89 Å². The second-order valence-electron chi connectivity index (χ2n) is 7.10. The van der Waals surface area contributed by atoms with Gasteiger partial charge >= 0.3 is 0 Å². The predicted octanol–water partition coefficient (Wildman–Crippen LogP) is 3.19. The maximum Gasteiger partial charge on any atom is 0.188 e. The van der Waals surface area contributed by atoms with Gasteiger partial charge in [0.05, 0.1) is 0 Å². The molecule has 2 heterocycles. The number of hydrogen-bond acceptors (Lipinski definition) is 4. The molecule has 1 aliphatic heterocycles. The summed E-state index contributed by atoms with van der Waals surface area (Å²) in [4.78, 5) is 10.9. The van der Waals surface area contributed by atoms with E-state index in [1.807, 2.05) is 0 Å². The molecule has 0 radical (unpaired) electrons. The average Bonchev–Trinajstić information content (AvgIpc) is 3.20. The zero-order valence-electron chi connectivity index (χ0n) is 16.6. The van der Waals surface area contributed by atoms with E-state index < -0.39 is 0 Å². The Balaban J connectivity index is 0.00000280. The standard InChI is InChI=1S/C21H31N5S.HI/c1-25-14-15-26(20(17-25)18-7-3-2-4-8-18)13-6-11-23-21(22)24-12-10-19-9-5-16-27-19;/h2-5,7-9,16,20H,6,10-15,17H2,1H3,(H3,22,23,24);1H. The number of halogens is 1. The lowest BCUT2D eigenvalue weighted by molar-refractivity contribution is 0.0894. The van der Waals surface area contributed by atoms with Gasteiger partial charge in [-0.1, -0.05) is 36.4 Å². The van der Waals surface area contributed by atoms with Gasteiger partial charge < -0.3 is 16.0 Å². The van der Waals surface area contributed by atoms with E-state index in [2.05, 4.69) is 75.0 Å². The first-order valence-corrected chi connectivity index (χ1v) is 10.6. The minimum Gasteiger partial charge on any atom is -0.370 e. The Labute approximate surface area is 190 Å². The van der Waals surface area contributed by atoms with Gasteiger partial charge in [-0.15, -0.1) is 35.3 Å². The van der Waals surface area contributed by atoms with Crippen LogP contribution in [-0.4, -0.2) is 62.1 Å². The van der Waals surface area contributed by atoms with Gasteiger partial charge in [0, 0.05) is 50.2 Å². The number of nitrogens with two attached hydrogens (primary N) is 1. The Morgan fingerprint density at radius 1 is 1.21 bits per heavy atom. The molecule has 28 heavy (non-hydrogen) atoms. The molecule has 3 rings (SSSR count). The molecule has 1 atom stereocenters. The second kappa shape index (κ2) is 12.4. The van der Waals surface area contributed by atoms with E-state index in [0.717, 1.165) is 52.1 Å². The summed E-state index contributed by atoms with van der Waals surface area (Å²) in [5.41, 5.74) is 7.40. The molecule has 154 valence electrons. The van der Waals surface area contributed by atoms with E-state index in [1.54, 1.807) is 11.3 Å². The van der Waals surface area contributed by atoms with Gasteiger partial charge in [-0.2, -0.15) is 0 Å². The molecule has 1 aliphatic rings. The Bertz CT molecular complexity index is 692. The van der Waals surface area contributed by atoms with Crippen molar-refractivity contribution in [3.8, 4) is 0 Å². The molecule has 2 aromatic rings. The maximum atomic E-state index is 5.99. The molecule has 7 heteroatoms. The van der Waals surface area contributed by atoms with E-state index in [1.165, 1.54) is 10.4 Å². The number of guanidine groups is 1. The normalized spacial score (nSPS) is 18.6. The number of rotatable bonds is 8. The lowest BCUT2D eigenvalue weighted by atomic mass is 10.0. The molecule has 0 bridgehead atoms. The van der Waals surface area contributed by atoms with Gasteiger partial charge in [-0.05, 0) is 36.9 Å². The highest BCUT2D eigenvalue weighted by Crippen LogP contribution is 2.24. The van der Waals surface area contributed by atoms with Crippen molar-refractivity contribution < 1.29 is 0 Å². The molecule has 0 aliphatic carbocycles. The first kappa shape index (κ1) is 23.1. The van der Waals surface area contributed by atoms with Crippen molar-refractivity contribution in [1.82, 2.24) is 15.1 Å². The highest BCUT2D eigenvalue weighted by Gasteiger charge is 2.25. The van der Waals surface area contributed by atoms with E-state index in [0.29, 0.717) is 12.0 Å². The van der Waals surface area contributed by atoms with Crippen LogP contribution < -0.4 is 11.1 Å². The fourth-order valence-electron chi connectivity index (χ4n) is 3.51. The fourth-order valence-corrected chi connectivity index (χ4v) is 4.22. The predicted molar refractivity (Wildman–Crippen MR) is 131 cm³/mol. The number of likely N-dealkylation sites (N-methyl/N-ethyl adjacent to an activating group) is 1. The lowest BCUT2D eigenvalue weighted by Gasteiger charge is -2.40. The van der Waals surface area contributed by atoms with Crippen LogP contribution >= 0.6 is 35.3 Å². The van der Waals surface area contributed by atoms with Crippen LogP contribution in [0.25, 0.3) is 0 Å². The number of piperazine rings is 1. The minimum atomic E-state index is 0. The first-order valence-electron chi connectivity index (χ1n) is 9.76. The van der Waals surface area contributed by atoms with Crippen LogP contribution in [0, 0.1) is 0 Å². The van der Waals surface area contributed by atoms with E-state index >= 15 is 0 Å². The molecule has 1 saturated heterocycles. The molecule has 0 amide bonds. The van der Waals surface area contributed by atoms with Crippen molar-refractivity contribution in [2.24, 2.45) is 10.7 Å². The Morgan fingerprint density at radius 2 is 2.04 bits per heavy atom. The van der Waals surface area contributed by atoms with Gasteiger partial charge in [0.15, 0.2) is 5.96 Å². The quantitative estimate of drug-likeness (QED) is 0.247. The molecule has 5 nitrogen and oxygen atoms in total. The summed E-state index contributed by atoms with van der Waals surface area (Å²) in [6, 6.07) is 15.5. The topological polar surface area (TPSA) is 56.9 Å². The number of thiophene rings is 1. The Kier molecular flexibility index (Phi) is 10.3. The second-order valence-corrected chi connectivity index (χ2v) is 8.13. The zero-order valence-corrected chi connectivity index (χ0v) is 19.7. The fraction of sp³-hybridized carbons (Fsp3) is 0.476. The highest BCUT2D eigenvalue weighted by atomic mass is 127. The van der Waals surface area contributed by atoms with Crippen molar-refractivity contribution in [3.63, 3.8) is 0 Å². The van der Waals surface area contributed by atoms with Gasteiger partial charge in [0.1, 0.15) is 0 Å². The lowest BCUT2D eigenvalue weighted by Crippen LogP contribution is -2.47. The molecule has 1 aromatic carbocycles. The van der Waals surface area contributed by atoms with Gasteiger partial charge in [0.25, 0.3) is 0 Å². The summed E-state index contributed by atoms with van der Waals surface area (Å²) in [7, 11) is 2.21. The van der Waals surface area contributed by atoms with Crippen molar-refractivity contribution >= 4 is 41.3 Å². The molecule has 0 saturated carbocycles. The smallest absolute Gasteiger partial charge is 0.188 e. The van der Waals surface area contributed by atoms with Crippen LogP contribution in [0.3, 0.4) is 0 Å². The van der Waals surface area contributed by atoms with E-state index in [-0.39, 0.29) is 24.0 Å². The largest absolute Gasteiger partial charge is 0.370 e. The summed E-state index contributed by atoms with van der Waals surface area (Å²) in [6.45, 7) is 5.97. The van der Waals surface area contributed by atoms with Crippen molar-refractivity contribution in [2.45, 2.75) is 18.9 Å². The number of hydrogen-bond donors (Lipinski definition) is 2. The van der Waals surface area contributed by atoms with Crippen LogP contribution in [0.15, 0.2) is 52.8 Å². The summed E-state index contributed by atoms with van der Waals surface area (Å²) in [5, 5.41) is 5.32. The molecule has 1 aromatic heterocycles. The average molecular weight is 513 g/mol. The number of nitrogens with one attached hydrogen (secondary N) is 1. The third-order valence-corrected chi connectivity index (χ3v) is 5.96. The summed E-state index contributed by atoms with van der Waals surface area (Å²) in [6.07, 6.45) is 2.02. The van der Waals surface area contributed by atoms with Gasteiger partial charge in [-0.25, -0.2) is 0 Å². The van der Waals surface area contributed by atoms with Crippen LogP contribution in [0.1, 0.15) is 22.9 Å². The third-order valence-electron chi connectivity index (χ3n) is 5.02. The molecule has 3 N–H and O–H groups in total. The SMILES string of the molecule is CN1CCN(CCCN=C(N)NCCc2cccs2)C(c2ccccc2)C1.I. The number of nitrogens with zero attached hydrogens (tertiary/aromatic N) is 3. The summed E-state index contributed by atoms with van der Waals surface area (Å²) in [5.74, 6) is 0.560. The third kappa shape index (κ3) is 7.35. The van der Waals surface area contributed by atoms with Crippen molar-refractivity contribution in [2.75, 3.05) is 46.3 Å². The molecule has 1 fully saturated rings. The zero-order chi connectivity index (χ0) is 18.9. The van der Waals surface area contributed by atoms with Crippen LogP contribution in [-0.2, 0) is 6.42 Å². The Morgan fingerprint density at radius 3 is 2.79 bits per heavy atom. The number of benzene rings is 1. The summed E-state index contributed by atoms with van der Waals surface area (Å²) < 4.78 is 0. The molecular weight excluding hydrogens is 481 g/mol. The monoisotopic (exact) mass is 513 g/mol. The van der Waals surface area contributed by atoms with Crippen molar-refractivity contribution in [1.29, 1.82) is 0 Å². The van der Waals surface area contributed by atoms with Gasteiger partial charge in [0.2, 0.25) is 0 Å². The molecule has 0 spiro atoms. The molecule has 1 unspecified atom stereocenters.